The van der Waals surface area contributed by atoms with Crippen LogP contribution in [0, 0.1) is 6.92 Å². The normalized spacial score (nSPS) is 17.6. The van der Waals surface area contributed by atoms with Gasteiger partial charge in [-0.1, -0.05) is 19.4 Å². The summed E-state index contributed by atoms with van der Waals surface area (Å²) in [6.07, 6.45) is 3.17. The fourth-order valence-electron chi connectivity index (χ4n) is 2.64. The van der Waals surface area contributed by atoms with Crippen LogP contribution < -0.4 is 5.32 Å². The Morgan fingerprint density at radius 1 is 1.50 bits per heavy atom. The molecule has 0 radical (unpaired) electrons. The Labute approximate surface area is 120 Å². The lowest BCUT2D eigenvalue weighted by atomic mass is 9.89. The molecule has 1 atom stereocenters. The molecule has 0 fully saturated rings. The highest BCUT2D eigenvalue weighted by molar-refractivity contribution is 5.70. The third-order valence-corrected chi connectivity index (χ3v) is 3.88. The minimum Gasteiger partial charge on any atom is -0.508 e. The maximum absolute atomic E-state index is 11.8. The van der Waals surface area contributed by atoms with Gasteiger partial charge in [-0.2, -0.15) is 0 Å². The van der Waals surface area contributed by atoms with E-state index in [0.717, 1.165) is 42.5 Å². The van der Waals surface area contributed by atoms with Crippen LogP contribution in [0.3, 0.4) is 0 Å². The van der Waals surface area contributed by atoms with Crippen molar-refractivity contribution in [1.82, 2.24) is 5.32 Å². The Morgan fingerprint density at radius 3 is 3.05 bits per heavy atom. The van der Waals surface area contributed by atoms with Crippen molar-refractivity contribution in [1.29, 1.82) is 0 Å². The minimum absolute atomic E-state index is 0.00724. The predicted molar refractivity (Wildman–Crippen MR) is 77.8 cm³/mol. The van der Waals surface area contributed by atoms with E-state index < -0.39 is 0 Å². The van der Waals surface area contributed by atoms with Crippen LogP contribution in [0.15, 0.2) is 12.1 Å². The Balaban J connectivity index is 2.05. The Kier molecular flexibility index (Phi) is 5.01. The van der Waals surface area contributed by atoms with Crippen LogP contribution in [0.25, 0.3) is 0 Å². The third-order valence-electron chi connectivity index (χ3n) is 3.88. The number of aromatic hydroxyl groups is 1. The molecule has 4 nitrogen and oxygen atoms in total. The SMILES string of the molecule is CCCCOC(=O)CC1NCCc2c1ccc(O)c2C. The van der Waals surface area contributed by atoms with Gasteiger partial charge in [-0.3, -0.25) is 4.79 Å². The summed E-state index contributed by atoms with van der Waals surface area (Å²) in [5, 5.41) is 13.1. The van der Waals surface area contributed by atoms with E-state index in [4.69, 9.17) is 4.74 Å². The molecule has 1 aromatic carbocycles. The van der Waals surface area contributed by atoms with Crippen molar-refractivity contribution in [3.05, 3.63) is 28.8 Å². The molecule has 4 heteroatoms. The average molecular weight is 277 g/mol. The lowest BCUT2D eigenvalue weighted by Crippen LogP contribution is -2.32. The summed E-state index contributed by atoms with van der Waals surface area (Å²) in [7, 11) is 0. The van der Waals surface area contributed by atoms with Crippen LogP contribution in [0.4, 0.5) is 0 Å². The van der Waals surface area contributed by atoms with Gasteiger partial charge in [0.1, 0.15) is 5.75 Å². The van der Waals surface area contributed by atoms with Gasteiger partial charge in [-0.15, -0.1) is 0 Å². The molecule has 0 saturated heterocycles. The van der Waals surface area contributed by atoms with Crippen LogP contribution in [0.5, 0.6) is 5.75 Å². The van der Waals surface area contributed by atoms with E-state index in [2.05, 4.69) is 12.2 Å². The fraction of sp³-hybridized carbons (Fsp3) is 0.562. The molecule has 0 aromatic heterocycles. The molecule has 0 amide bonds. The van der Waals surface area contributed by atoms with E-state index in [9.17, 15) is 9.90 Å². The lowest BCUT2D eigenvalue weighted by Gasteiger charge is -2.28. The quantitative estimate of drug-likeness (QED) is 0.641. The van der Waals surface area contributed by atoms with E-state index in [-0.39, 0.29) is 12.0 Å². The summed E-state index contributed by atoms with van der Waals surface area (Å²) in [6.45, 7) is 5.33. The second-order valence-electron chi connectivity index (χ2n) is 5.31. The molecular formula is C16H23NO3. The molecule has 20 heavy (non-hydrogen) atoms. The van der Waals surface area contributed by atoms with Gasteiger partial charge in [0.15, 0.2) is 0 Å². The molecule has 1 unspecified atom stereocenters. The number of benzene rings is 1. The number of nitrogens with one attached hydrogen (secondary N) is 1. The largest absolute Gasteiger partial charge is 0.508 e. The number of ether oxygens (including phenoxy) is 1. The van der Waals surface area contributed by atoms with E-state index in [1.54, 1.807) is 6.07 Å². The number of rotatable bonds is 5. The highest BCUT2D eigenvalue weighted by Gasteiger charge is 2.24. The highest BCUT2D eigenvalue weighted by atomic mass is 16.5. The summed E-state index contributed by atoms with van der Waals surface area (Å²) in [6, 6.07) is 3.61. The molecule has 0 bridgehead atoms. The molecule has 1 aromatic rings. The number of carbonyl (C=O) groups is 1. The van der Waals surface area contributed by atoms with Gasteiger partial charge in [0, 0.05) is 6.04 Å². The first-order valence-electron chi connectivity index (χ1n) is 7.33. The molecular weight excluding hydrogens is 254 g/mol. The molecule has 2 rings (SSSR count). The second kappa shape index (κ2) is 6.75. The first kappa shape index (κ1) is 14.9. The Bertz CT molecular complexity index is 485. The maximum Gasteiger partial charge on any atom is 0.307 e. The standard InChI is InChI=1S/C16H23NO3/c1-3-4-9-20-16(19)10-14-13-5-6-15(18)11(2)12(13)7-8-17-14/h5-6,14,17-18H,3-4,7-10H2,1-2H3. The second-order valence-corrected chi connectivity index (χ2v) is 5.31. The van der Waals surface area contributed by atoms with Gasteiger partial charge in [-0.05, 0) is 49.1 Å². The minimum atomic E-state index is -0.158. The first-order valence-corrected chi connectivity index (χ1v) is 7.33. The zero-order valence-electron chi connectivity index (χ0n) is 12.2. The maximum atomic E-state index is 11.8. The van der Waals surface area contributed by atoms with Crippen LogP contribution in [-0.4, -0.2) is 24.2 Å². The smallest absolute Gasteiger partial charge is 0.307 e. The van der Waals surface area contributed by atoms with Gasteiger partial charge in [0.25, 0.3) is 0 Å². The number of esters is 1. The van der Waals surface area contributed by atoms with E-state index in [0.29, 0.717) is 18.8 Å². The van der Waals surface area contributed by atoms with Crippen LogP contribution >= 0.6 is 0 Å². The van der Waals surface area contributed by atoms with Crippen molar-refractivity contribution in [2.75, 3.05) is 13.2 Å². The topological polar surface area (TPSA) is 58.6 Å². The summed E-state index contributed by atoms with van der Waals surface area (Å²) in [5.74, 6) is 0.171. The van der Waals surface area contributed by atoms with Gasteiger partial charge >= 0.3 is 5.97 Å². The van der Waals surface area contributed by atoms with E-state index >= 15 is 0 Å². The highest BCUT2D eigenvalue weighted by Crippen LogP contribution is 2.32. The van der Waals surface area contributed by atoms with Crippen molar-refractivity contribution in [2.45, 2.75) is 45.6 Å². The fourth-order valence-corrected chi connectivity index (χ4v) is 2.64. The summed E-state index contributed by atoms with van der Waals surface area (Å²) in [4.78, 5) is 11.8. The van der Waals surface area contributed by atoms with Crippen molar-refractivity contribution >= 4 is 5.97 Å². The first-order chi connectivity index (χ1) is 9.63. The summed E-state index contributed by atoms with van der Waals surface area (Å²) < 4.78 is 5.23. The van der Waals surface area contributed by atoms with Crippen molar-refractivity contribution in [2.24, 2.45) is 0 Å². The average Bonchev–Trinajstić information content (AvgIpc) is 2.44. The summed E-state index contributed by atoms with van der Waals surface area (Å²) in [5.41, 5.74) is 3.20. The van der Waals surface area contributed by atoms with E-state index in [1.807, 2.05) is 13.0 Å². The number of carbonyl (C=O) groups excluding carboxylic acids is 1. The van der Waals surface area contributed by atoms with Gasteiger partial charge in [-0.25, -0.2) is 0 Å². The molecule has 110 valence electrons. The predicted octanol–water partition coefficient (Wildman–Crippen LogP) is 2.62. The van der Waals surface area contributed by atoms with Crippen LogP contribution in [-0.2, 0) is 16.0 Å². The number of phenols is 1. The number of hydrogen-bond donors (Lipinski definition) is 2. The molecule has 1 aliphatic heterocycles. The van der Waals surface area contributed by atoms with E-state index in [1.165, 1.54) is 0 Å². The zero-order valence-corrected chi connectivity index (χ0v) is 12.2. The van der Waals surface area contributed by atoms with Crippen LogP contribution in [0.2, 0.25) is 0 Å². The monoisotopic (exact) mass is 277 g/mol. The van der Waals surface area contributed by atoms with Crippen molar-refractivity contribution < 1.29 is 14.6 Å². The van der Waals surface area contributed by atoms with Gasteiger partial charge in [0.05, 0.1) is 13.0 Å². The zero-order chi connectivity index (χ0) is 14.5. The number of phenolic OH excluding ortho intramolecular Hbond substituents is 1. The third kappa shape index (κ3) is 3.31. The number of fused-ring (bicyclic) bond motifs is 1. The number of unbranched alkanes of at least 4 members (excludes halogenated alkanes) is 1. The Hall–Kier alpha value is -1.55. The van der Waals surface area contributed by atoms with Crippen LogP contribution in [0.1, 0.15) is 48.9 Å². The molecule has 1 heterocycles. The van der Waals surface area contributed by atoms with Crippen molar-refractivity contribution in [3.8, 4) is 5.75 Å². The summed E-state index contributed by atoms with van der Waals surface area (Å²) >= 11 is 0. The molecule has 0 aliphatic carbocycles. The number of hydrogen-bond acceptors (Lipinski definition) is 4. The molecule has 2 N–H and O–H groups in total. The molecule has 0 saturated carbocycles. The Morgan fingerprint density at radius 2 is 2.30 bits per heavy atom. The van der Waals surface area contributed by atoms with Crippen molar-refractivity contribution in [3.63, 3.8) is 0 Å². The molecule has 0 spiro atoms. The lowest BCUT2D eigenvalue weighted by molar-refractivity contribution is -0.144. The van der Waals surface area contributed by atoms with Gasteiger partial charge in [0.2, 0.25) is 0 Å². The van der Waals surface area contributed by atoms with Gasteiger partial charge < -0.3 is 15.2 Å². The molecule has 1 aliphatic rings.